The number of aryl methyl sites for hydroxylation is 1. The lowest BCUT2D eigenvalue weighted by Crippen LogP contribution is -2.35. The zero-order valence-corrected chi connectivity index (χ0v) is 11.3. The van der Waals surface area contributed by atoms with Crippen molar-refractivity contribution in [1.82, 2.24) is 5.32 Å². The van der Waals surface area contributed by atoms with Crippen molar-refractivity contribution in [2.24, 2.45) is 0 Å². The number of carbonyl (C=O) groups excluding carboxylic acids is 1. The quantitative estimate of drug-likeness (QED) is 0.774. The second-order valence-electron chi connectivity index (χ2n) is 4.12. The van der Waals surface area contributed by atoms with E-state index < -0.39 is 5.97 Å². The van der Waals surface area contributed by atoms with Gasteiger partial charge in [0.2, 0.25) is 5.91 Å². The highest BCUT2D eigenvalue weighted by Crippen LogP contribution is 2.21. The van der Waals surface area contributed by atoms with Gasteiger partial charge in [-0.05, 0) is 25.5 Å². The Bertz CT molecular complexity index is 434. The summed E-state index contributed by atoms with van der Waals surface area (Å²) in [5.74, 6) is -0.749. The third-order valence-corrected chi connectivity index (χ3v) is 3.52. The van der Waals surface area contributed by atoms with Gasteiger partial charge in [0.25, 0.3) is 0 Å². The Kier molecular flexibility index (Phi) is 5.71. The molecule has 0 aliphatic carbocycles. The smallest absolute Gasteiger partial charge is 0.305 e. The summed E-state index contributed by atoms with van der Waals surface area (Å²) in [6, 6.07) is 7.50. The minimum Gasteiger partial charge on any atom is -0.481 e. The molecule has 4 nitrogen and oxygen atoms in total. The van der Waals surface area contributed by atoms with Crippen LogP contribution >= 0.6 is 11.8 Å². The number of carboxylic acid groups (broad SMARTS) is 1. The molecular formula is C13H17NO3S. The van der Waals surface area contributed by atoms with Gasteiger partial charge in [-0.25, -0.2) is 0 Å². The van der Waals surface area contributed by atoms with E-state index in [0.717, 1.165) is 10.5 Å². The van der Waals surface area contributed by atoms with Crippen LogP contribution in [0.2, 0.25) is 0 Å². The molecule has 1 aromatic rings. The van der Waals surface area contributed by atoms with Crippen LogP contribution in [0.15, 0.2) is 29.2 Å². The second-order valence-corrected chi connectivity index (χ2v) is 5.14. The number of rotatable bonds is 6. The van der Waals surface area contributed by atoms with E-state index >= 15 is 0 Å². The van der Waals surface area contributed by atoms with E-state index in [9.17, 15) is 9.59 Å². The number of carbonyl (C=O) groups is 2. The van der Waals surface area contributed by atoms with E-state index in [4.69, 9.17) is 5.11 Å². The second kappa shape index (κ2) is 7.06. The van der Waals surface area contributed by atoms with Gasteiger partial charge in [-0.1, -0.05) is 18.2 Å². The molecule has 0 aliphatic rings. The summed E-state index contributed by atoms with van der Waals surface area (Å²) in [6.07, 6.45) is -0.0548. The molecule has 98 valence electrons. The van der Waals surface area contributed by atoms with Crippen LogP contribution in [0.3, 0.4) is 0 Å². The molecule has 0 aromatic heterocycles. The topological polar surface area (TPSA) is 66.4 Å². The minimum absolute atomic E-state index is 0.0548. The highest BCUT2D eigenvalue weighted by atomic mass is 32.2. The summed E-state index contributed by atoms with van der Waals surface area (Å²) in [6.45, 7) is 3.68. The Morgan fingerprint density at radius 1 is 1.39 bits per heavy atom. The van der Waals surface area contributed by atoms with Crippen molar-refractivity contribution < 1.29 is 14.7 Å². The van der Waals surface area contributed by atoms with Crippen LogP contribution in [0, 0.1) is 6.92 Å². The summed E-state index contributed by atoms with van der Waals surface area (Å²) in [5, 5.41) is 11.2. The van der Waals surface area contributed by atoms with Gasteiger partial charge in [0.1, 0.15) is 0 Å². The maximum Gasteiger partial charge on any atom is 0.305 e. The highest BCUT2D eigenvalue weighted by molar-refractivity contribution is 8.00. The number of aliphatic carboxylic acids is 1. The van der Waals surface area contributed by atoms with Gasteiger partial charge in [0, 0.05) is 10.9 Å². The van der Waals surface area contributed by atoms with Gasteiger partial charge >= 0.3 is 5.97 Å². The van der Waals surface area contributed by atoms with Crippen molar-refractivity contribution in [2.45, 2.75) is 31.2 Å². The molecule has 1 aromatic carbocycles. The Balaban J connectivity index is 2.38. The predicted molar refractivity (Wildman–Crippen MR) is 71.8 cm³/mol. The Morgan fingerprint density at radius 2 is 2.06 bits per heavy atom. The number of thioether (sulfide) groups is 1. The molecule has 1 rings (SSSR count). The summed E-state index contributed by atoms with van der Waals surface area (Å²) in [4.78, 5) is 23.1. The maximum atomic E-state index is 11.6. The number of hydrogen-bond donors (Lipinski definition) is 2. The summed E-state index contributed by atoms with van der Waals surface area (Å²) < 4.78 is 0. The van der Waals surface area contributed by atoms with Crippen molar-refractivity contribution in [1.29, 1.82) is 0 Å². The summed E-state index contributed by atoms with van der Waals surface area (Å²) in [7, 11) is 0. The van der Waals surface area contributed by atoms with Gasteiger partial charge in [-0.15, -0.1) is 11.8 Å². The number of hydrogen-bond acceptors (Lipinski definition) is 3. The van der Waals surface area contributed by atoms with E-state index in [1.165, 1.54) is 11.8 Å². The Morgan fingerprint density at radius 3 is 2.67 bits per heavy atom. The fraction of sp³-hybridized carbons (Fsp3) is 0.385. The molecule has 0 saturated heterocycles. The van der Waals surface area contributed by atoms with E-state index in [-0.39, 0.29) is 18.4 Å². The monoisotopic (exact) mass is 267 g/mol. The SMILES string of the molecule is Cc1ccccc1SCC(=O)NC(C)CC(=O)O. The number of amides is 1. The molecule has 1 unspecified atom stereocenters. The third kappa shape index (κ3) is 5.23. The van der Waals surface area contributed by atoms with Crippen molar-refractivity contribution in [2.75, 3.05) is 5.75 Å². The lowest BCUT2D eigenvalue weighted by atomic mass is 10.2. The van der Waals surface area contributed by atoms with Crippen LogP contribution in [-0.2, 0) is 9.59 Å². The van der Waals surface area contributed by atoms with E-state index in [0.29, 0.717) is 5.75 Å². The molecule has 5 heteroatoms. The average Bonchev–Trinajstić information content (AvgIpc) is 2.26. The minimum atomic E-state index is -0.908. The Labute approximate surface area is 111 Å². The zero-order valence-electron chi connectivity index (χ0n) is 10.5. The number of nitrogens with one attached hydrogen (secondary N) is 1. The third-order valence-electron chi connectivity index (χ3n) is 2.34. The molecule has 0 spiro atoms. The van der Waals surface area contributed by atoms with Crippen LogP contribution in [-0.4, -0.2) is 28.8 Å². The van der Waals surface area contributed by atoms with Crippen molar-refractivity contribution in [3.63, 3.8) is 0 Å². The molecule has 0 radical (unpaired) electrons. The van der Waals surface area contributed by atoms with E-state index in [2.05, 4.69) is 5.32 Å². The van der Waals surface area contributed by atoms with E-state index in [1.807, 2.05) is 31.2 Å². The van der Waals surface area contributed by atoms with Gasteiger partial charge in [-0.3, -0.25) is 9.59 Å². The first-order chi connectivity index (χ1) is 8.49. The molecule has 0 fully saturated rings. The summed E-state index contributed by atoms with van der Waals surface area (Å²) >= 11 is 1.46. The average molecular weight is 267 g/mol. The fourth-order valence-electron chi connectivity index (χ4n) is 1.49. The first-order valence-corrected chi connectivity index (χ1v) is 6.67. The van der Waals surface area contributed by atoms with Crippen molar-refractivity contribution >= 4 is 23.6 Å². The normalized spacial score (nSPS) is 11.9. The van der Waals surface area contributed by atoms with Crippen LogP contribution in [0.25, 0.3) is 0 Å². The largest absolute Gasteiger partial charge is 0.481 e. The van der Waals surface area contributed by atoms with E-state index in [1.54, 1.807) is 6.92 Å². The molecule has 18 heavy (non-hydrogen) atoms. The number of carboxylic acids is 1. The van der Waals surface area contributed by atoms with Crippen LogP contribution in [0.1, 0.15) is 18.9 Å². The van der Waals surface area contributed by atoms with Crippen molar-refractivity contribution in [3.8, 4) is 0 Å². The lowest BCUT2D eigenvalue weighted by molar-refractivity contribution is -0.137. The molecule has 2 N–H and O–H groups in total. The van der Waals surface area contributed by atoms with Gasteiger partial charge in [-0.2, -0.15) is 0 Å². The molecular weight excluding hydrogens is 250 g/mol. The Hall–Kier alpha value is -1.49. The molecule has 0 bridgehead atoms. The van der Waals surface area contributed by atoms with Gasteiger partial charge in [0.05, 0.1) is 12.2 Å². The molecule has 1 atom stereocenters. The van der Waals surface area contributed by atoms with Crippen LogP contribution < -0.4 is 5.32 Å². The van der Waals surface area contributed by atoms with Crippen LogP contribution in [0.4, 0.5) is 0 Å². The van der Waals surface area contributed by atoms with Crippen LogP contribution in [0.5, 0.6) is 0 Å². The molecule has 0 aliphatic heterocycles. The molecule has 0 heterocycles. The molecule has 0 saturated carbocycles. The van der Waals surface area contributed by atoms with Gasteiger partial charge in [0.15, 0.2) is 0 Å². The maximum absolute atomic E-state index is 11.6. The number of benzene rings is 1. The zero-order chi connectivity index (χ0) is 13.5. The van der Waals surface area contributed by atoms with Crippen molar-refractivity contribution in [3.05, 3.63) is 29.8 Å². The summed E-state index contributed by atoms with van der Waals surface area (Å²) in [5.41, 5.74) is 1.13. The first-order valence-electron chi connectivity index (χ1n) is 5.68. The highest BCUT2D eigenvalue weighted by Gasteiger charge is 2.11. The standard InChI is InChI=1S/C13H17NO3S/c1-9-5-3-4-6-11(9)18-8-12(15)14-10(2)7-13(16)17/h3-6,10H,7-8H2,1-2H3,(H,14,15)(H,16,17). The van der Waals surface area contributed by atoms with Gasteiger partial charge < -0.3 is 10.4 Å². The molecule has 1 amide bonds. The lowest BCUT2D eigenvalue weighted by Gasteiger charge is -2.11. The predicted octanol–water partition coefficient (Wildman–Crippen LogP) is 2.07. The first kappa shape index (κ1) is 14.6. The fourth-order valence-corrected chi connectivity index (χ4v) is 2.33.